The van der Waals surface area contributed by atoms with Gasteiger partial charge in [-0.05, 0) is 36.5 Å². The van der Waals surface area contributed by atoms with Gasteiger partial charge in [-0.1, -0.05) is 19.1 Å². The summed E-state index contributed by atoms with van der Waals surface area (Å²) in [5.74, 6) is 1.38. The van der Waals surface area contributed by atoms with Gasteiger partial charge < -0.3 is 15.0 Å². The van der Waals surface area contributed by atoms with Crippen LogP contribution in [0, 0.1) is 11.7 Å². The zero-order valence-electron chi connectivity index (χ0n) is 14.1. The SMILES string of the molecule is CN=C(NCC(OC)c1ccc(F)cc1)N1CCCC(C)C1.I. The Balaban J connectivity index is 0.00000264. The maximum absolute atomic E-state index is 13.0. The predicted octanol–water partition coefficient (Wildman–Crippen LogP) is 3.44. The van der Waals surface area contributed by atoms with Crippen molar-refractivity contribution in [2.75, 3.05) is 33.8 Å². The van der Waals surface area contributed by atoms with Crippen LogP contribution in [0.4, 0.5) is 4.39 Å². The molecule has 1 fully saturated rings. The van der Waals surface area contributed by atoms with Crippen LogP contribution in [0.3, 0.4) is 0 Å². The molecule has 1 aliphatic rings. The molecule has 0 radical (unpaired) electrons. The molecule has 0 bridgehead atoms. The largest absolute Gasteiger partial charge is 0.375 e. The number of nitrogens with zero attached hydrogens (tertiary/aromatic N) is 2. The molecule has 130 valence electrons. The summed E-state index contributed by atoms with van der Waals surface area (Å²) in [4.78, 5) is 6.67. The van der Waals surface area contributed by atoms with Crippen LogP contribution in [0.1, 0.15) is 31.4 Å². The lowest BCUT2D eigenvalue weighted by atomic mass is 10.0. The van der Waals surface area contributed by atoms with Crippen LogP contribution in [-0.2, 0) is 4.74 Å². The average Bonchev–Trinajstić information content (AvgIpc) is 2.53. The Morgan fingerprint density at radius 3 is 2.70 bits per heavy atom. The highest BCUT2D eigenvalue weighted by Gasteiger charge is 2.20. The molecule has 0 aromatic heterocycles. The first-order chi connectivity index (χ1) is 10.6. The van der Waals surface area contributed by atoms with Gasteiger partial charge in [-0.3, -0.25) is 4.99 Å². The minimum atomic E-state index is -0.232. The molecule has 23 heavy (non-hydrogen) atoms. The van der Waals surface area contributed by atoms with E-state index in [1.807, 2.05) is 0 Å². The molecule has 1 aromatic rings. The first-order valence-corrected chi connectivity index (χ1v) is 7.88. The molecule has 0 saturated carbocycles. The second-order valence-electron chi connectivity index (χ2n) is 5.90. The first-order valence-electron chi connectivity index (χ1n) is 7.88. The monoisotopic (exact) mass is 435 g/mol. The first kappa shape index (κ1) is 20.2. The van der Waals surface area contributed by atoms with Gasteiger partial charge in [0.2, 0.25) is 0 Å². The third-order valence-corrected chi connectivity index (χ3v) is 4.14. The molecule has 1 aliphatic heterocycles. The van der Waals surface area contributed by atoms with E-state index in [0.717, 1.165) is 24.6 Å². The number of methoxy groups -OCH3 is 1. The molecule has 0 spiro atoms. The molecular formula is C17H27FIN3O. The quantitative estimate of drug-likeness (QED) is 0.448. The number of aliphatic imine (C=N–C) groups is 1. The van der Waals surface area contributed by atoms with Gasteiger partial charge in [0.25, 0.3) is 0 Å². The third-order valence-electron chi connectivity index (χ3n) is 4.14. The fourth-order valence-corrected chi connectivity index (χ4v) is 2.91. The Kier molecular flexibility index (Phi) is 8.83. The molecule has 1 saturated heterocycles. The average molecular weight is 435 g/mol. The van der Waals surface area contributed by atoms with E-state index in [1.165, 1.54) is 25.0 Å². The Morgan fingerprint density at radius 2 is 2.13 bits per heavy atom. The maximum Gasteiger partial charge on any atom is 0.193 e. The molecule has 0 amide bonds. The number of ether oxygens (including phenoxy) is 1. The van der Waals surface area contributed by atoms with Crippen LogP contribution < -0.4 is 5.32 Å². The third kappa shape index (κ3) is 5.91. The van der Waals surface area contributed by atoms with Gasteiger partial charge in [0, 0.05) is 33.8 Å². The lowest BCUT2D eigenvalue weighted by Crippen LogP contribution is -2.47. The van der Waals surface area contributed by atoms with Crippen molar-refractivity contribution in [3.63, 3.8) is 0 Å². The molecule has 0 aliphatic carbocycles. The Hall–Kier alpha value is -0.890. The standard InChI is InChI=1S/C17H26FN3O.HI/c1-13-5-4-10-21(12-13)17(19-2)20-11-16(22-3)14-6-8-15(18)9-7-14;/h6-9,13,16H,4-5,10-12H2,1-3H3,(H,19,20);1H. The Bertz CT molecular complexity index is 495. The van der Waals surface area contributed by atoms with Crippen LogP contribution in [0.2, 0.25) is 0 Å². The summed E-state index contributed by atoms with van der Waals surface area (Å²) >= 11 is 0. The van der Waals surface area contributed by atoms with E-state index in [4.69, 9.17) is 4.74 Å². The van der Waals surface area contributed by atoms with Crippen molar-refractivity contribution in [3.05, 3.63) is 35.6 Å². The van der Waals surface area contributed by atoms with Gasteiger partial charge in [0.05, 0.1) is 6.10 Å². The second kappa shape index (κ2) is 10.1. The van der Waals surface area contributed by atoms with E-state index < -0.39 is 0 Å². The topological polar surface area (TPSA) is 36.9 Å². The van der Waals surface area contributed by atoms with E-state index in [9.17, 15) is 4.39 Å². The minimum Gasteiger partial charge on any atom is -0.375 e. The number of hydrogen-bond donors (Lipinski definition) is 1. The summed E-state index contributed by atoms with van der Waals surface area (Å²) < 4.78 is 18.5. The number of benzene rings is 1. The van der Waals surface area contributed by atoms with Crippen LogP contribution in [0.15, 0.2) is 29.3 Å². The summed E-state index contributed by atoms with van der Waals surface area (Å²) in [5, 5.41) is 3.38. The lowest BCUT2D eigenvalue weighted by Gasteiger charge is -2.34. The summed E-state index contributed by atoms with van der Waals surface area (Å²) in [6, 6.07) is 6.44. The van der Waals surface area contributed by atoms with Gasteiger partial charge in [0.1, 0.15) is 5.82 Å². The number of nitrogens with one attached hydrogen (secondary N) is 1. The highest BCUT2D eigenvalue weighted by atomic mass is 127. The molecular weight excluding hydrogens is 408 g/mol. The summed E-state index contributed by atoms with van der Waals surface area (Å²) in [7, 11) is 3.47. The second-order valence-corrected chi connectivity index (χ2v) is 5.90. The van der Waals surface area contributed by atoms with Crippen LogP contribution in [0.5, 0.6) is 0 Å². The number of piperidine rings is 1. The van der Waals surface area contributed by atoms with Crippen molar-refractivity contribution < 1.29 is 9.13 Å². The van der Waals surface area contributed by atoms with Crippen molar-refractivity contribution in [3.8, 4) is 0 Å². The van der Waals surface area contributed by atoms with Crippen molar-refractivity contribution in [1.82, 2.24) is 10.2 Å². The molecule has 1 aromatic carbocycles. The minimum absolute atomic E-state index is 0. The fraction of sp³-hybridized carbons (Fsp3) is 0.588. The normalized spacial score (nSPS) is 19.9. The summed E-state index contributed by atoms with van der Waals surface area (Å²) in [6.45, 7) is 4.96. The molecule has 6 heteroatoms. The van der Waals surface area contributed by atoms with Crippen molar-refractivity contribution in [2.45, 2.75) is 25.9 Å². The van der Waals surface area contributed by atoms with Gasteiger partial charge in [-0.25, -0.2) is 4.39 Å². The van der Waals surface area contributed by atoms with Crippen molar-refractivity contribution in [2.24, 2.45) is 10.9 Å². The molecule has 1 heterocycles. The van der Waals surface area contributed by atoms with Gasteiger partial charge >= 0.3 is 0 Å². The maximum atomic E-state index is 13.0. The summed E-state index contributed by atoms with van der Waals surface area (Å²) in [6.07, 6.45) is 2.36. The van der Waals surface area contributed by atoms with Gasteiger partial charge in [-0.2, -0.15) is 0 Å². The highest BCUT2D eigenvalue weighted by molar-refractivity contribution is 14.0. The number of likely N-dealkylation sites (tertiary alicyclic amines) is 1. The van der Waals surface area contributed by atoms with Gasteiger partial charge in [-0.15, -0.1) is 24.0 Å². The number of rotatable bonds is 4. The predicted molar refractivity (Wildman–Crippen MR) is 103 cm³/mol. The van der Waals surface area contributed by atoms with E-state index in [0.29, 0.717) is 12.5 Å². The smallest absolute Gasteiger partial charge is 0.193 e. The van der Waals surface area contributed by atoms with Crippen LogP contribution >= 0.6 is 24.0 Å². The molecule has 1 N–H and O–H groups in total. The van der Waals surface area contributed by atoms with Crippen molar-refractivity contribution >= 4 is 29.9 Å². The van der Waals surface area contributed by atoms with Crippen molar-refractivity contribution in [1.29, 1.82) is 0 Å². The summed E-state index contributed by atoms with van der Waals surface area (Å²) in [5.41, 5.74) is 0.957. The number of hydrogen-bond acceptors (Lipinski definition) is 2. The molecule has 2 rings (SSSR count). The van der Waals surface area contributed by atoms with Gasteiger partial charge in [0.15, 0.2) is 5.96 Å². The zero-order valence-corrected chi connectivity index (χ0v) is 16.4. The number of guanidine groups is 1. The van der Waals surface area contributed by atoms with E-state index in [1.54, 1.807) is 26.3 Å². The molecule has 4 nitrogen and oxygen atoms in total. The molecule has 2 unspecified atom stereocenters. The highest BCUT2D eigenvalue weighted by Crippen LogP contribution is 2.18. The van der Waals surface area contributed by atoms with E-state index in [-0.39, 0.29) is 35.9 Å². The zero-order chi connectivity index (χ0) is 15.9. The van der Waals surface area contributed by atoms with E-state index >= 15 is 0 Å². The lowest BCUT2D eigenvalue weighted by molar-refractivity contribution is 0.105. The number of halogens is 2. The molecule has 2 atom stereocenters. The van der Waals surface area contributed by atoms with Crippen LogP contribution in [0.25, 0.3) is 0 Å². The Labute approximate surface area is 155 Å². The van der Waals surface area contributed by atoms with Crippen LogP contribution in [-0.4, -0.2) is 44.7 Å². The Morgan fingerprint density at radius 1 is 1.43 bits per heavy atom. The fourth-order valence-electron chi connectivity index (χ4n) is 2.91. The van der Waals surface area contributed by atoms with E-state index in [2.05, 4.69) is 22.1 Å².